The number of aromatic nitrogens is 2. The van der Waals surface area contributed by atoms with Crippen LogP contribution in [0.4, 0.5) is 0 Å². The molecule has 0 saturated carbocycles. The standard InChI is InChI=1S/C15H19N3O/c1-11-14(8-9-16)12(2)18-15(17-11)10-19-13-6-4-3-5-7-13/h3-7H,8-10,16H2,1-2H3. The van der Waals surface area contributed by atoms with Gasteiger partial charge < -0.3 is 10.5 Å². The molecule has 0 atom stereocenters. The lowest BCUT2D eigenvalue weighted by Gasteiger charge is -2.10. The lowest BCUT2D eigenvalue weighted by molar-refractivity contribution is 0.295. The maximum atomic E-state index is 5.65. The number of rotatable bonds is 5. The normalized spacial score (nSPS) is 10.5. The summed E-state index contributed by atoms with van der Waals surface area (Å²) in [5.74, 6) is 1.53. The number of hydrogen-bond donors (Lipinski definition) is 1. The highest BCUT2D eigenvalue weighted by Gasteiger charge is 2.08. The highest BCUT2D eigenvalue weighted by molar-refractivity contribution is 5.25. The van der Waals surface area contributed by atoms with E-state index in [0.29, 0.717) is 19.0 Å². The molecule has 2 aromatic rings. The van der Waals surface area contributed by atoms with Crippen LogP contribution in [-0.2, 0) is 13.0 Å². The van der Waals surface area contributed by atoms with Crippen molar-refractivity contribution >= 4 is 0 Å². The number of para-hydroxylation sites is 1. The first kappa shape index (κ1) is 13.5. The minimum Gasteiger partial charge on any atom is -0.486 e. The van der Waals surface area contributed by atoms with E-state index in [1.807, 2.05) is 44.2 Å². The Morgan fingerprint density at radius 1 is 1.05 bits per heavy atom. The lowest BCUT2D eigenvalue weighted by atomic mass is 10.1. The summed E-state index contributed by atoms with van der Waals surface area (Å²) < 4.78 is 5.65. The van der Waals surface area contributed by atoms with E-state index in [0.717, 1.165) is 29.1 Å². The molecule has 0 aliphatic carbocycles. The van der Waals surface area contributed by atoms with Crippen LogP contribution in [0, 0.1) is 13.8 Å². The first-order valence-electron chi connectivity index (χ1n) is 6.41. The van der Waals surface area contributed by atoms with Crippen LogP contribution in [0.5, 0.6) is 5.75 Å². The summed E-state index contributed by atoms with van der Waals surface area (Å²) in [4.78, 5) is 8.95. The van der Waals surface area contributed by atoms with Crippen molar-refractivity contribution in [2.45, 2.75) is 26.9 Å². The minimum absolute atomic E-state index is 0.384. The largest absolute Gasteiger partial charge is 0.486 e. The van der Waals surface area contributed by atoms with Gasteiger partial charge in [-0.05, 0) is 44.5 Å². The van der Waals surface area contributed by atoms with Crippen LogP contribution in [0.2, 0.25) is 0 Å². The highest BCUT2D eigenvalue weighted by Crippen LogP contribution is 2.13. The van der Waals surface area contributed by atoms with E-state index >= 15 is 0 Å². The van der Waals surface area contributed by atoms with E-state index < -0.39 is 0 Å². The Kier molecular flexibility index (Phi) is 4.47. The zero-order valence-electron chi connectivity index (χ0n) is 11.4. The summed E-state index contributed by atoms with van der Waals surface area (Å²) >= 11 is 0. The van der Waals surface area contributed by atoms with Crippen molar-refractivity contribution in [1.82, 2.24) is 9.97 Å². The molecule has 4 heteroatoms. The molecule has 0 amide bonds. The lowest BCUT2D eigenvalue weighted by Crippen LogP contribution is -2.11. The van der Waals surface area contributed by atoms with E-state index in [9.17, 15) is 0 Å². The number of aryl methyl sites for hydroxylation is 2. The average Bonchev–Trinajstić information content (AvgIpc) is 2.42. The molecule has 0 bridgehead atoms. The molecule has 2 N–H and O–H groups in total. The first-order chi connectivity index (χ1) is 9.20. The van der Waals surface area contributed by atoms with Gasteiger partial charge in [0, 0.05) is 11.4 Å². The summed E-state index contributed by atoms with van der Waals surface area (Å²) in [5.41, 5.74) is 8.72. The Labute approximate surface area is 113 Å². The van der Waals surface area contributed by atoms with E-state index in [2.05, 4.69) is 9.97 Å². The van der Waals surface area contributed by atoms with Gasteiger partial charge in [-0.2, -0.15) is 0 Å². The zero-order valence-corrected chi connectivity index (χ0v) is 11.4. The second-order valence-electron chi connectivity index (χ2n) is 4.43. The molecule has 1 heterocycles. The molecule has 4 nitrogen and oxygen atoms in total. The maximum Gasteiger partial charge on any atom is 0.166 e. The predicted molar refractivity (Wildman–Crippen MR) is 75.0 cm³/mol. The van der Waals surface area contributed by atoms with Crippen molar-refractivity contribution in [3.63, 3.8) is 0 Å². The summed E-state index contributed by atoms with van der Waals surface area (Å²) in [6.07, 6.45) is 0.817. The van der Waals surface area contributed by atoms with E-state index in [4.69, 9.17) is 10.5 Å². The summed E-state index contributed by atoms with van der Waals surface area (Å²) in [5, 5.41) is 0. The van der Waals surface area contributed by atoms with Crippen molar-refractivity contribution in [1.29, 1.82) is 0 Å². The van der Waals surface area contributed by atoms with Crippen LogP contribution in [0.3, 0.4) is 0 Å². The Bertz CT molecular complexity index is 517. The quantitative estimate of drug-likeness (QED) is 0.891. The van der Waals surface area contributed by atoms with Gasteiger partial charge in [-0.15, -0.1) is 0 Å². The topological polar surface area (TPSA) is 61.0 Å². The molecule has 0 fully saturated rings. The zero-order chi connectivity index (χ0) is 13.7. The van der Waals surface area contributed by atoms with Gasteiger partial charge >= 0.3 is 0 Å². The molecule has 0 unspecified atom stereocenters. The van der Waals surface area contributed by atoms with Gasteiger partial charge in [0.1, 0.15) is 12.4 Å². The van der Waals surface area contributed by atoms with Gasteiger partial charge in [0.15, 0.2) is 5.82 Å². The van der Waals surface area contributed by atoms with Crippen LogP contribution in [0.15, 0.2) is 30.3 Å². The monoisotopic (exact) mass is 257 g/mol. The minimum atomic E-state index is 0.384. The molecular weight excluding hydrogens is 238 g/mol. The molecule has 0 spiro atoms. The number of benzene rings is 1. The predicted octanol–water partition coefficient (Wildman–Crippen LogP) is 2.17. The van der Waals surface area contributed by atoms with Gasteiger partial charge in [-0.1, -0.05) is 18.2 Å². The smallest absolute Gasteiger partial charge is 0.166 e. The van der Waals surface area contributed by atoms with Crippen molar-refractivity contribution in [2.24, 2.45) is 5.73 Å². The summed E-state index contributed by atoms with van der Waals surface area (Å²) in [6.45, 7) is 4.98. The van der Waals surface area contributed by atoms with Crippen molar-refractivity contribution in [2.75, 3.05) is 6.54 Å². The molecule has 0 radical (unpaired) electrons. The molecule has 2 rings (SSSR count). The molecule has 1 aromatic carbocycles. The number of hydrogen-bond acceptors (Lipinski definition) is 4. The van der Waals surface area contributed by atoms with E-state index in [1.54, 1.807) is 0 Å². The van der Waals surface area contributed by atoms with Crippen molar-refractivity contribution < 1.29 is 4.74 Å². The molecule has 100 valence electrons. The SMILES string of the molecule is Cc1nc(COc2ccccc2)nc(C)c1CCN. The van der Waals surface area contributed by atoms with E-state index in [1.165, 1.54) is 0 Å². The molecule has 19 heavy (non-hydrogen) atoms. The third-order valence-corrected chi connectivity index (χ3v) is 2.97. The van der Waals surface area contributed by atoms with Crippen LogP contribution < -0.4 is 10.5 Å². The summed E-state index contributed by atoms with van der Waals surface area (Å²) in [6, 6.07) is 9.68. The summed E-state index contributed by atoms with van der Waals surface area (Å²) in [7, 11) is 0. The maximum absolute atomic E-state index is 5.65. The van der Waals surface area contributed by atoms with Crippen LogP contribution in [0.1, 0.15) is 22.8 Å². The van der Waals surface area contributed by atoms with Crippen molar-refractivity contribution in [3.05, 3.63) is 53.1 Å². The Hall–Kier alpha value is -1.94. The van der Waals surface area contributed by atoms with Crippen LogP contribution >= 0.6 is 0 Å². The van der Waals surface area contributed by atoms with Gasteiger partial charge in [0.2, 0.25) is 0 Å². The number of nitrogens with zero attached hydrogens (tertiary/aromatic N) is 2. The molecule has 1 aromatic heterocycles. The van der Waals surface area contributed by atoms with Gasteiger partial charge in [-0.3, -0.25) is 0 Å². The third-order valence-electron chi connectivity index (χ3n) is 2.97. The average molecular weight is 257 g/mol. The fraction of sp³-hybridized carbons (Fsp3) is 0.333. The molecule has 0 aliphatic rings. The number of nitrogens with two attached hydrogens (primary N) is 1. The van der Waals surface area contributed by atoms with Gasteiger partial charge in [-0.25, -0.2) is 9.97 Å². The highest BCUT2D eigenvalue weighted by atomic mass is 16.5. The second-order valence-corrected chi connectivity index (χ2v) is 4.43. The number of ether oxygens (including phenoxy) is 1. The van der Waals surface area contributed by atoms with Crippen molar-refractivity contribution in [3.8, 4) is 5.75 Å². The van der Waals surface area contributed by atoms with Gasteiger partial charge in [0.25, 0.3) is 0 Å². The third kappa shape index (κ3) is 3.51. The Morgan fingerprint density at radius 2 is 1.68 bits per heavy atom. The fourth-order valence-corrected chi connectivity index (χ4v) is 2.04. The van der Waals surface area contributed by atoms with Crippen LogP contribution in [0.25, 0.3) is 0 Å². The Morgan fingerprint density at radius 3 is 2.26 bits per heavy atom. The Balaban J connectivity index is 2.09. The first-order valence-corrected chi connectivity index (χ1v) is 6.41. The molecule has 0 saturated heterocycles. The fourth-order valence-electron chi connectivity index (χ4n) is 2.04. The second kappa shape index (κ2) is 6.29. The molecular formula is C15H19N3O. The van der Waals surface area contributed by atoms with Gasteiger partial charge in [0.05, 0.1) is 0 Å². The van der Waals surface area contributed by atoms with E-state index in [-0.39, 0.29) is 0 Å². The molecule has 0 aliphatic heterocycles. The van der Waals surface area contributed by atoms with Crippen LogP contribution in [-0.4, -0.2) is 16.5 Å².